The van der Waals surface area contributed by atoms with Crippen molar-refractivity contribution >= 4 is 35.2 Å². The summed E-state index contributed by atoms with van der Waals surface area (Å²) >= 11 is 7.70. The summed E-state index contributed by atoms with van der Waals surface area (Å²) < 4.78 is 0. The molecule has 0 saturated carbocycles. The average Bonchev–Trinajstić information content (AvgIpc) is 2.88. The fraction of sp³-hybridized carbons (Fsp3) is 0.355. The molecule has 0 aromatic heterocycles. The van der Waals surface area contributed by atoms with E-state index in [-0.39, 0.29) is 11.8 Å². The Balaban J connectivity index is 1.78. The highest BCUT2D eigenvalue weighted by Gasteiger charge is 2.30. The Hall–Kier alpha value is -2.76. The van der Waals surface area contributed by atoms with E-state index >= 15 is 0 Å². The number of halogens is 1. The van der Waals surface area contributed by atoms with Crippen molar-refractivity contribution < 1.29 is 9.59 Å². The summed E-state index contributed by atoms with van der Waals surface area (Å²) in [5.41, 5.74) is 3.19. The topological polar surface area (TPSA) is 49.4 Å². The molecule has 0 radical (unpaired) electrons. The quantitative estimate of drug-likeness (QED) is 0.190. The molecule has 0 fully saturated rings. The third-order valence-electron chi connectivity index (χ3n) is 6.01. The minimum Gasteiger partial charge on any atom is -0.354 e. The average molecular weight is 537 g/mol. The van der Waals surface area contributed by atoms with Crippen LogP contribution in [0.5, 0.6) is 0 Å². The van der Waals surface area contributed by atoms with Gasteiger partial charge in [-0.25, -0.2) is 0 Å². The number of carbonyl (C=O) groups is 2. The van der Waals surface area contributed by atoms with E-state index in [4.69, 9.17) is 11.6 Å². The molecule has 3 aromatic carbocycles. The Kier molecular flexibility index (Phi) is 11.6. The maximum atomic E-state index is 13.7. The van der Waals surface area contributed by atoms with Crippen LogP contribution in [0.2, 0.25) is 5.02 Å². The molecule has 0 saturated heterocycles. The first-order valence-electron chi connectivity index (χ1n) is 12.9. The summed E-state index contributed by atoms with van der Waals surface area (Å²) in [6.07, 6.45) is 1.58. The van der Waals surface area contributed by atoms with Crippen LogP contribution in [0.1, 0.15) is 43.4 Å². The lowest BCUT2D eigenvalue weighted by molar-refractivity contribution is -0.141. The van der Waals surface area contributed by atoms with E-state index in [9.17, 15) is 9.59 Å². The molecular weight excluding hydrogens is 500 g/mol. The lowest BCUT2D eigenvalue weighted by atomic mass is 10.0. The molecule has 4 nitrogen and oxygen atoms in total. The van der Waals surface area contributed by atoms with Crippen molar-refractivity contribution in [3.8, 4) is 0 Å². The molecule has 0 bridgehead atoms. The molecule has 1 N–H and O–H groups in total. The van der Waals surface area contributed by atoms with Crippen LogP contribution in [0.4, 0.5) is 0 Å². The summed E-state index contributed by atoms with van der Waals surface area (Å²) in [6.45, 7) is 7.16. The number of nitrogens with zero attached hydrogens (tertiary/aromatic N) is 1. The van der Waals surface area contributed by atoms with Gasteiger partial charge in [-0.3, -0.25) is 9.59 Å². The van der Waals surface area contributed by atoms with E-state index in [1.807, 2.05) is 79.7 Å². The minimum atomic E-state index is -0.585. The van der Waals surface area contributed by atoms with Crippen molar-refractivity contribution in [2.24, 2.45) is 5.92 Å². The number of thioether (sulfide) groups is 1. The highest BCUT2D eigenvalue weighted by molar-refractivity contribution is 7.99. The van der Waals surface area contributed by atoms with Crippen LogP contribution in [0.25, 0.3) is 0 Å². The van der Waals surface area contributed by atoms with E-state index in [0.717, 1.165) is 33.8 Å². The second-order valence-corrected chi connectivity index (χ2v) is 11.4. The first kappa shape index (κ1) is 28.8. The number of carbonyl (C=O) groups excluding carboxylic acids is 2. The Morgan fingerprint density at radius 1 is 0.946 bits per heavy atom. The Bertz CT molecular complexity index is 1140. The van der Waals surface area contributed by atoms with Gasteiger partial charge in [-0.05, 0) is 60.4 Å². The number of hydrogen-bond acceptors (Lipinski definition) is 3. The zero-order valence-corrected chi connectivity index (χ0v) is 23.5. The van der Waals surface area contributed by atoms with Gasteiger partial charge < -0.3 is 10.2 Å². The number of amides is 2. The molecule has 0 aliphatic heterocycles. The smallest absolute Gasteiger partial charge is 0.243 e. The molecule has 37 heavy (non-hydrogen) atoms. The second kappa shape index (κ2) is 14.8. The highest BCUT2D eigenvalue weighted by Crippen LogP contribution is 2.22. The first-order valence-corrected chi connectivity index (χ1v) is 14.2. The molecule has 196 valence electrons. The molecule has 0 spiro atoms. The first-order chi connectivity index (χ1) is 17.8. The van der Waals surface area contributed by atoms with Gasteiger partial charge in [0, 0.05) is 35.8 Å². The van der Waals surface area contributed by atoms with Crippen LogP contribution >= 0.6 is 23.4 Å². The van der Waals surface area contributed by atoms with Gasteiger partial charge in [-0.15, -0.1) is 11.8 Å². The van der Waals surface area contributed by atoms with Crippen molar-refractivity contribution in [3.63, 3.8) is 0 Å². The minimum absolute atomic E-state index is 0.00107. The fourth-order valence-corrected chi connectivity index (χ4v) is 5.05. The van der Waals surface area contributed by atoms with Crippen LogP contribution in [0.15, 0.2) is 83.8 Å². The van der Waals surface area contributed by atoms with E-state index in [0.29, 0.717) is 36.9 Å². The van der Waals surface area contributed by atoms with Gasteiger partial charge >= 0.3 is 0 Å². The number of nitrogens with one attached hydrogen (secondary N) is 1. The number of hydrogen-bond donors (Lipinski definition) is 1. The van der Waals surface area contributed by atoms with E-state index in [1.54, 1.807) is 16.7 Å². The third kappa shape index (κ3) is 9.90. The summed E-state index contributed by atoms with van der Waals surface area (Å²) in [5, 5.41) is 3.79. The van der Waals surface area contributed by atoms with Crippen molar-refractivity contribution in [3.05, 3.63) is 101 Å². The molecule has 2 amide bonds. The van der Waals surface area contributed by atoms with Crippen molar-refractivity contribution in [2.75, 3.05) is 12.3 Å². The molecule has 1 unspecified atom stereocenters. The molecular formula is C31H37ClN2O2S. The fourth-order valence-electron chi connectivity index (χ4n) is 4.07. The number of benzene rings is 3. The van der Waals surface area contributed by atoms with E-state index in [1.165, 1.54) is 0 Å². The van der Waals surface area contributed by atoms with Gasteiger partial charge in [0.1, 0.15) is 6.04 Å². The number of aryl methyl sites for hydroxylation is 1. The summed E-state index contributed by atoms with van der Waals surface area (Å²) in [7, 11) is 0. The van der Waals surface area contributed by atoms with Crippen LogP contribution in [-0.2, 0) is 22.6 Å². The van der Waals surface area contributed by atoms with Crippen molar-refractivity contribution in [1.29, 1.82) is 0 Å². The molecule has 6 heteroatoms. The summed E-state index contributed by atoms with van der Waals surface area (Å²) in [6, 6.07) is 25.2. The van der Waals surface area contributed by atoms with Crippen LogP contribution in [-0.4, -0.2) is 35.1 Å². The van der Waals surface area contributed by atoms with Crippen LogP contribution in [0, 0.1) is 12.8 Å². The van der Waals surface area contributed by atoms with Crippen LogP contribution in [0.3, 0.4) is 0 Å². The van der Waals surface area contributed by atoms with E-state index in [2.05, 4.69) is 25.2 Å². The molecule has 0 heterocycles. The molecule has 0 aliphatic rings. The third-order valence-corrected chi connectivity index (χ3v) is 7.36. The molecule has 0 aliphatic carbocycles. The Labute approximate surface area is 230 Å². The highest BCUT2D eigenvalue weighted by atomic mass is 35.5. The predicted molar refractivity (Wildman–Crippen MR) is 155 cm³/mol. The van der Waals surface area contributed by atoms with Crippen LogP contribution < -0.4 is 5.32 Å². The maximum Gasteiger partial charge on any atom is 0.243 e. The monoisotopic (exact) mass is 536 g/mol. The van der Waals surface area contributed by atoms with Gasteiger partial charge in [-0.2, -0.15) is 0 Å². The standard InChI is InChI=1S/C31H37ClN2O2S/c1-23(2)21-33-31(36)29(20-25-10-5-4-6-11-25)34(22-26-12-7-9-24(3)19-26)30(35)13-8-18-37-28-16-14-27(32)15-17-28/h4-7,9-12,14-17,19,23,29H,8,13,18,20-22H2,1-3H3,(H,33,36). The van der Waals surface area contributed by atoms with Gasteiger partial charge in [0.05, 0.1) is 0 Å². The van der Waals surface area contributed by atoms with Gasteiger partial charge in [0.15, 0.2) is 0 Å². The molecule has 1 atom stereocenters. The Morgan fingerprint density at radius 2 is 1.65 bits per heavy atom. The maximum absolute atomic E-state index is 13.7. The van der Waals surface area contributed by atoms with E-state index < -0.39 is 6.04 Å². The number of rotatable bonds is 13. The second-order valence-electron chi connectivity index (χ2n) is 9.76. The van der Waals surface area contributed by atoms with Gasteiger partial charge in [0.25, 0.3) is 0 Å². The molecule has 3 aromatic rings. The largest absolute Gasteiger partial charge is 0.354 e. The summed E-state index contributed by atoms with van der Waals surface area (Å²) in [4.78, 5) is 30.1. The Morgan fingerprint density at radius 3 is 2.32 bits per heavy atom. The molecule has 3 rings (SSSR count). The van der Waals surface area contributed by atoms with Gasteiger partial charge in [-0.1, -0.05) is 85.6 Å². The zero-order chi connectivity index (χ0) is 26.6. The lowest BCUT2D eigenvalue weighted by Crippen LogP contribution is -2.51. The van der Waals surface area contributed by atoms with Crippen molar-refractivity contribution in [2.45, 2.75) is 57.5 Å². The SMILES string of the molecule is Cc1cccc(CN(C(=O)CCCSc2ccc(Cl)cc2)C(Cc2ccccc2)C(=O)NCC(C)C)c1. The normalized spacial score (nSPS) is 11.8. The lowest BCUT2D eigenvalue weighted by Gasteiger charge is -2.32. The predicted octanol–water partition coefficient (Wildman–Crippen LogP) is 6.93. The van der Waals surface area contributed by atoms with Gasteiger partial charge in [0.2, 0.25) is 11.8 Å². The zero-order valence-electron chi connectivity index (χ0n) is 22.0. The van der Waals surface area contributed by atoms with Crippen molar-refractivity contribution in [1.82, 2.24) is 10.2 Å². The summed E-state index contributed by atoms with van der Waals surface area (Å²) in [5.74, 6) is 1.04.